The lowest BCUT2D eigenvalue weighted by atomic mass is 9.99. The van der Waals surface area contributed by atoms with Gasteiger partial charge in [-0.2, -0.15) is 0 Å². The molecule has 0 unspecified atom stereocenters. The Bertz CT molecular complexity index is 1300. The van der Waals surface area contributed by atoms with Gasteiger partial charge in [0.15, 0.2) is 11.7 Å². The minimum atomic E-state index is 0.543. The average Bonchev–Trinajstić information content (AvgIpc) is 2.87. The SMILES string of the molecule is C=N/C(=N\C(=N/Cc1ccccc1)c1ccccc1)c1cccc(-c2ccc(C)c(C)c2)c1. The summed E-state index contributed by atoms with van der Waals surface area (Å²) in [5.41, 5.74) is 7.83. The zero-order valence-corrected chi connectivity index (χ0v) is 19.1. The fraction of sp³-hybridized carbons (Fsp3) is 0.100. The summed E-state index contributed by atoms with van der Waals surface area (Å²) in [6, 6.07) is 34.9. The van der Waals surface area contributed by atoms with Gasteiger partial charge in [0.25, 0.3) is 0 Å². The van der Waals surface area contributed by atoms with Crippen molar-refractivity contribution in [3.8, 4) is 11.1 Å². The Kier molecular flexibility index (Phi) is 7.01. The lowest BCUT2D eigenvalue weighted by Gasteiger charge is -2.09. The molecule has 0 N–H and O–H groups in total. The lowest BCUT2D eigenvalue weighted by molar-refractivity contribution is 1.06. The number of hydrogen-bond donors (Lipinski definition) is 0. The van der Waals surface area contributed by atoms with Crippen LogP contribution in [0.4, 0.5) is 0 Å². The molecule has 33 heavy (non-hydrogen) atoms. The molecule has 0 atom stereocenters. The third kappa shape index (κ3) is 5.58. The van der Waals surface area contributed by atoms with E-state index in [0.717, 1.165) is 22.3 Å². The molecule has 162 valence electrons. The van der Waals surface area contributed by atoms with Gasteiger partial charge in [0, 0.05) is 11.1 Å². The summed E-state index contributed by atoms with van der Waals surface area (Å²) in [5, 5.41) is 0. The van der Waals surface area contributed by atoms with E-state index in [0.29, 0.717) is 18.2 Å². The monoisotopic (exact) mass is 429 g/mol. The first-order valence-electron chi connectivity index (χ1n) is 11.0. The van der Waals surface area contributed by atoms with E-state index >= 15 is 0 Å². The highest BCUT2D eigenvalue weighted by Crippen LogP contribution is 2.24. The van der Waals surface area contributed by atoms with Gasteiger partial charge < -0.3 is 0 Å². The van der Waals surface area contributed by atoms with Gasteiger partial charge >= 0.3 is 0 Å². The van der Waals surface area contributed by atoms with Crippen molar-refractivity contribution in [2.24, 2.45) is 15.0 Å². The van der Waals surface area contributed by atoms with Gasteiger partial charge in [0.1, 0.15) is 0 Å². The van der Waals surface area contributed by atoms with Crippen molar-refractivity contribution in [3.05, 3.63) is 131 Å². The van der Waals surface area contributed by atoms with Crippen LogP contribution in [0.1, 0.15) is 27.8 Å². The van der Waals surface area contributed by atoms with Gasteiger partial charge in [-0.15, -0.1) is 0 Å². The first kappa shape index (κ1) is 22.1. The van der Waals surface area contributed by atoms with E-state index < -0.39 is 0 Å². The molecule has 4 aromatic carbocycles. The zero-order chi connectivity index (χ0) is 23.0. The summed E-state index contributed by atoms with van der Waals surface area (Å²) in [5.74, 6) is 1.19. The molecule has 0 aliphatic rings. The molecule has 0 aliphatic heterocycles. The molecule has 0 aliphatic carbocycles. The molecule has 0 spiro atoms. The van der Waals surface area contributed by atoms with E-state index in [2.05, 4.69) is 68.0 Å². The van der Waals surface area contributed by atoms with E-state index in [1.165, 1.54) is 16.7 Å². The van der Waals surface area contributed by atoms with Crippen LogP contribution < -0.4 is 0 Å². The highest BCUT2D eigenvalue weighted by molar-refractivity contribution is 6.13. The second kappa shape index (κ2) is 10.5. The van der Waals surface area contributed by atoms with Crippen molar-refractivity contribution in [1.29, 1.82) is 0 Å². The van der Waals surface area contributed by atoms with Crippen molar-refractivity contribution in [3.63, 3.8) is 0 Å². The predicted molar refractivity (Wildman–Crippen MR) is 141 cm³/mol. The number of hydrogen-bond acceptors (Lipinski definition) is 1. The van der Waals surface area contributed by atoms with Crippen LogP contribution in [0, 0.1) is 13.8 Å². The molecule has 0 bridgehead atoms. The summed E-state index contributed by atoms with van der Waals surface area (Å²) in [6.45, 7) is 8.60. The Hall–Kier alpha value is -4.11. The molecule has 3 nitrogen and oxygen atoms in total. The Balaban J connectivity index is 1.73. The molecule has 0 radical (unpaired) electrons. The number of benzene rings is 4. The van der Waals surface area contributed by atoms with Crippen molar-refractivity contribution < 1.29 is 0 Å². The molecule has 0 heterocycles. The molecule has 4 aromatic rings. The van der Waals surface area contributed by atoms with Gasteiger partial charge in [-0.3, -0.25) is 4.99 Å². The van der Waals surface area contributed by atoms with Gasteiger partial charge in [0.05, 0.1) is 6.54 Å². The molecular formula is C30H27N3. The van der Waals surface area contributed by atoms with Crippen LogP contribution in [0.15, 0.2) is 118 Å². The number of rotatable bonds is 5. The fourth-order valence-corrected chi connectivity index (χ4v) is 3.58. The summed E-state index contributed by atoms with van der Waals surface area (Å²) < 4.78 is 0. The van der Waals surface area contributed by atoms with Crippen LogP contribution in [0.5, 0.6) is 0 Å². The minimum absolute atomic E-state index is 0.543. The second-order valence-electron chi connectivity index (χ2n) is 7.96. The van der Waals surface area contributed by atoms with Crippen molar-refractivity contribution in [2.45, 2.75) is 20.4 Å². The van der Waals surface area contributed by atoms with Crippen LogP contribution in [-0.2, 0) is 6.54 Å². The molecule has 0 saturated carbocycles. The fourth-order valence-electron chi connectivity index (χ4n) is 3.58. The summed E-state index contributed by atoms with van der Waals surface area (Å²) in [6.07, 6.45) is 0. The number of amidine groups is 2. The first-order chi connectivity index (χ1) is 16.1. The summed E-state index contributed by atoms with van der Waals surface area (Å²) in [7, 11) is 0. The molecule has 0 amide bonds. The molecule has 0 aromatic heterocycles. The average molecular weight is 430 g/mol. The second-order valence-corrected chi connectivity index (χ2v) is 7.96. The van der Waals surface area contributed by atoms with Crippen LogP contribution in [0.25, 0.3) is 11.1 Å². The smallest absolute Gasteiger partial charge is 0.161 e. The number of aryl methyl sites for hydroxylation is 2. The van der Waals surface area contributed by atoms with Crippen LogP contribution in [0.3, 0.4) is 0 Å². The van der Waals surface area contributed by atoms with E-state index in [4.69, 9.17) is 9.98 Å². The van der Waals surface area contributed by atoms with E-state index in [1.807, 2.05) is 60.7 Å². The molecule has 0 saturated heterocycles. The highest BCUT2D eigenvalue weighted by Gasteiger charge is 2.09. The normalized spacial score (nSPS) is 11.9. The Morgan fingerprint density at radius 3 is 2.00 bits per heavy atom. The number of nitrogens with zero attached hydrogens (tertiary/aromatic N) is 3. The molecular weight excluding hydrogens is 402 g/mol. The van der Waals surface area contributed by atoms with Crippen molar-refractivity contribution in [2.75, 3.05) is 0 Å². The maximum absolute atomic E-state index is 4.85. The Labute approximate surface area is 195 Å². The molecule has 3 heteroatoms. The summed E-state index contributed by atoms with van der Waals surface area (Å²) >= 11 is 0. The lowest BCUT2D eigenvalue weighted by Crippen LogP contribution is -2.05. The van der Waals surface area contributed by atoms with Crippen LogP contribution in [0.2, 0.25) is 0 Å². The predicted octanol–water partition coefficient (Wildman–Crippen LogP) is 7.06. The Morgan fingerprint density at radius 2 is 1.30 bits per heavy atom. The highest BCUT2D eigenvalue weighted by atomic mass is 15.0. The van der Waals surface area contributed by atoms with E-state index in [9.17, 15) is 0 Å². The van der Waals surface area contributed by atoms with Gasteiger partial charge in [-0.1, -0.05) is 97.1 Å². The van der Waals surface area contributed by atoms with Crippen molar-refractivity contribution >= 4 is 18.4 Å². The standard InChI is InChI=1S/C30H27N3/c1-22-17-18-27(19-23(22)2)26-15-10-16-28(20-26)29(31-3)33-30(25-13-8-5-9-14-25)32-21-24-11-6-4-7-12-24/h4-20H,3,21H2,1-2H3/b32-30-,33-29-. The maximum Gasteiger partial charge on any atom is 0.161 e. The third-order valence-corrected chi connectivity index (χ3v) is 5.61. The van der Waals surface area contributed by atoms with Crippen LogP contribution in [-0.4, -0.2) is 18.4 Å². The topological polar surface area (TPSA) is 37.1 Å². The summed E-state index contributed by atoms with van der Waals surface area (Å²) in [4.78, 5) is 13.9. The molecule has 4 rings (SSSR count). The van der Waals surface area contributed by atoms with E-state index in [-0.39, 0.29) is 0 Å². The van der Waals surface area contributed by atoms with E-state index in [1.54, 1.807) is 0 Å². The van der Waals surface area contributed by atoms with Gasteiger partial charge in [-0.05, 0) is 54.4 Å². The number of aliphatic imine (C=N–C) groups is 3. The molecule has 0 fully saturated rings. The first-order valence-corrected chi connectivity index (χ1v) is 11.0. The van der Waals surface area contributed by atoms with Crippen LogP contribution >= 0.6 is 0 Å². The van der Waals surface area contributed by atoms with Crippen molar-refractivity contribution in [1.82, 2.24) is 0 Å². The van der Waals surface area contributed by atoms with Gasteiger partial charge in [0.2, 0.25) is 0 Å². The minimum Gasteiger partial charge on any atom is -0.261 e. The zero-order valence-electron chi connectivity index (χ0n) is 19.1. The quantitative estimate of drug-likeness (QED) is 0.240. The largest absolute Gasteiger partial charge is 0.261 e. The van der Waals surface area contributed by atoms with Gasteiger partial charge in [-0.25, -0.2) is 9.98 Å². The third-order valence-electron chi connectivity index (χ3n) is 5.61. The Morgan fingerprint density at radius 1 is 0.636 bits per heavy atom. The maximum atomic E-state index is 4.85.